The van der Waals surface area contributed by atoms with Crippen molar-refractivity contribution in [3.8, 4) is 5.75 Å². The Morgan fingerprint density at radius 1 is 1.06 bits per heavy atom. The molecule has 0 aromatic heterocycles. The SMILES string of the molecule is CCOc1ccc(/C(O)=C2/C(=O)C(=O)N(CCc3ccc(Cl)cc3)C2c2ccc(F)cc2)cc1C. The van der Waals surface area contributed by atoms with Crippen molar-refractivity contribution < 1.29 is 23.8 Å². The van der Waals surface area contributed by atoms with Gasteiger partial charge in [0.2, 0.25) is 0 Å². The van der Waals surface area contributed by atoms with Crippen LogP contribution in [-0.4, -0.2) is 34.8 Å². The first kappa shape index (κ1) is 24.5. The molecule has 0 aliphatic carbocycles. The van der Waals surface area contributed by atoms with Crippen LogP contribution in [0.3, 0.4) is 0 Å². The van der Waals surface area contributed by atoms with Crippen LogP contribution in [0.25, 0.3) is 5.76 Å². The van der Waals surface area contributed by atoms with Gasteiger partial charge in [0.05, 0.1) is 18.2 Å². The molecule has 1 saturated heterocycles. The molecule has 0 spiro atoms. The Balaban J connectivity index is 1.76. The van der Waals surface area contributed by atoms with Crippen LogP contribution in [0, 0.1) is 12.7 Å². The number of carbonyl (C=O) groups is 2. The summed E-state index contributed by atoms with van der Waals surface area (Å²) in [5.41, 5.74) is 2.63. The van der Waals surface area contributed by atoms with E-state index < -0.39 is 23.5 Å². The van der Waals surface area contributed by atoms with Crippen molar-refractivity contribution in [1.82, 2.24) is 4.90 Å². The molecule has 1 N–H and O–H groups in total. The fourth-order valence-corrected chi connectivity index (χ4v) is 4.40. The summed E-state index contributed by atoms with van der Waals surface area (Å²) in [7, 11) is 0. The predicted octanol–water partition coefficient (Wildman–Crippen LogP) is 5.85. The van der Waals surface area contributed by atoms with Crippen LogP contribution in [0.2, 0.25) is 5.02 Å². The van der Waals surface area contributed by atoms with Crippen LogP contribution in [0.4, 0.5) is 4.39 Å². The highest BCUT2D eigenvalue weighted by atomic mass is 35.5. The molecule has 1 aliphatic heterocycles. The number of rotatable bonds is 7. The summed E-state index contributed by atoms with van der Waals surface area (Å²) >= 11 is 5.97. The highest BCUT2D eigenvalue weighted by Gasteiger charge is 2.45. The minimum atomic E-state index is -0.852. The van der Waals surface area contributed by atoms with Crippen LogP contribution in [0.5, 0.6) is 5.75 Å². The standard InChI is InChI=1S/C28H25ClFNO4/c1-3-35-23-13-8-20(16-17(23)2)26(32)24-25(19-6-11-22(30)12-7-19)31(28(34)27(24)33)15-14-18-4-9-21(29)10-5-18/h4-13,16,25,32H,3,14-15H2,1-2H3/b26-24-. The van der Waals surface area contributed by atoms with E-state index in [1.165, 1.54) is 29.2 Å². The number of aliphatic hydroxyl groups excluding tert-OH is 1. The van der Waals surface area contributed by atoms with Crippen molar-refractivity contribution >= 4 is 29.1 Å². The van der Waals surface area contributed by atoms with Gasteiger partial charge in [-0.05, 0) is 79.4 Å². The van der Waals surface area contributed by atoms with Crippen LogP contribution in [0.1, 0.15) is 35.2 Å². The largest absolute Gasteiger partial charge is 0.507 e. The lowest BCUT2D eigenvalue weighted by Gasteiger charge is -2.25. The number of aryl methyl sites for hydroxylation is 1. The molecule has 1 aliphatic rings. The lowest BCUT2D eigenvalue weighted by molar-refractivity contribution is -0.139. The summed E-state index contributed by atoms with van der Waals surface area (Å²) in [5.74, 6) is -1.54. The van der Waals surface area contributed by atoms with Gasteiger partial charge in [0, 0.05) is 17.1 Å². The molecule has 4 rings (SSSR count). The van der Waals surface area contributed by atoms with E-state index in [1.54, 1.807) is 30.3 Å². The summed E-state index contributed by atoms with van der Waals surface area (Å²) in [6, 6.07) is 17.1. The normalized spacial score (nSPS) is 17.1. The molecule has 3 aromatic carbocycles. The number of carbonyl (C=O) groups excluding carboxylic acids is 2. The van der Waals surface area contributed by atoms with Gasteiger partial charge in [-0.3, -0.25) is 9.59 Å². The van der Waals surface area contributed by atoms with Crippen LogP contribution >= 0.6 is 11.6 Å². The number of aliphatic hydroxyl groups is 1. The van der Waals surface area contributed by atoms with Crippen molar-refractivity contribution in [2.75, 3.05) is 13.2 Å². The number of amides is 1. The molecule has 1 heterocycles. The Labute approximate surface area is 208 Å². The van der Waals surface area contributed by atoms with E-state index in [1.807, 2.05) is 26.0 Å². The summed E-state index contributed by atoms with van der Waals surface area (Å²) in [6.45, 7) is 4.44. The average Bonchev–Trinajstić information content (AvgIpc) is 3.10. The number of benzene rings is 3. The second-order valence-electron chi connectivity index (χ2n) is 8.33. The molecule has 0 radical (unpaired) electrons. The van der Waals surface area contributed by atoms with E-state index >= 15 is 0 Å². The predicted molar refractivity (Wildman–Crippen MR) is 133 cm³/mol. The lowest BCUT2D eigenvalue weighted by atomic mass is 9.94. The molecule has 0 bridgehead atoms. The zero-order valence-electron chi connectivity index (χ0n) is 19.4. The molecule has 0 saturated carbocycles. The van der Waals surface area contributed by atoms with Crippen molar-refractivity contribution in [2.45, 2.75) is 26.3 Å². The summed E-state index contributed by atoms with van der Waals surface area (Å²) < 4.78 is 19.2. The number of nitrogens with zero attached hydrogens (tertiary/aromatic N) is 1. The molecule has 7 heteroatoms. The highest BCUT2D eigenvalue weighted by Crippen LogP contribution is 2.40. The number of Topliss-reactive ketones (excluding diaryl/α,β-unsaturated/α-hetero) is 1. The third kappa shape index (κ3) is 5.08. The summed E-state index contributed by atoms with van der Waals surface area (Å²) in [6.07, 6.45) is 0.476. The maximum absolute atomic E-state index is 13.7. The lowest BCUT2D eigenvalue weighted by Crippen LogP contribution is -2.31. The van der Waals surface area contributed by atoms with Gasteiger partial charge in [0.1, 0.15) is 17.3 Å². The number of hydrogen-bond acceptors (Lipinski definition) is 4. The maximum Gasteiger partial charge on any atom is 0.295 e. The van der Waals surface area contributed by atoms with Crippen molar-refractivity contribution in [1.29, 1.82) is 0 Å². The minimum absolute atomic E-state index is 0.0266. The van der Waals surface area contributed by atoms with E-state index in [2.05, 4.69) is 0 Å². The quantitative estimate of drug-likeness (QED) is 0.255. The molecule has 180 valence electrons. The summed E-state index contributed by atoms with van der Waals surface area (Å²) in [4.78, 5) is 27.7. The zero-order chi connectivity index (χ0) is 25.1. The van der Waals surface area contributed by atoms with Gasteiger partial charge in [0.15, 0.2) is 0 Å². The highest BCUT2D eigenvalue weighted by molar-refractivity contribution is 6.46. The van der Waals surface area contributed by atoms with Gasteiger partial charge in [-0.15, -0.1) is 0 Å². The monoisotopic (exact) mass is 493 g/mol. The van der Waals surface area contributed by atoms with Gasteiger partial charge in [-0.25, -0.2) is 4.39 Å². The molecule has 1 fully saturated rings. The fourth-order valence-electron chi connectivity index (χ4n) is 4.27. The zero-order valence-corrected chi connectivity index (χ0v) is 20.2. The van der Waals surface area contributed by atoms with E-state index in [0.717, 1.165) is 11.1 Å². The number of halogens is 2. The topological polar surface area (TPSA) is 66.8 Å². The van der Waals surface area contributed by atoms with Crippen molar-refractivity contribution in [3.05, 3.63) is 105 Å². The van der Waals surface area contributed by atoms with Crippen LogP contribution < -0.4 is 4.74 Å². The fraction of sp³-hybridized carbons (Fsp3) is 0.214. The van der Waals surface area contributed by atoms with E-state index in [-0.39, 0.29) is 17.9 Å². The van der Waals surface area contributed by atoms with Crippen LogP contribution in [-0.2, 0) is 16.0 Å². The van der Waals surface area contributed by atoms with Gasteiger partial charge >= 0.3 is 0 Å². The molecule has 5 nitrogen and oxygen atoms in total. The molecule has 35 heavy (non-hydrogen) atoms. The Bertz CT molecular complexity index is 1290. The molecule has 1 amide bonds. The molecule has 3 aromatic rings. The first-order valence-corrected chi connectivity index (χ1v) is 11.7. The average molecular weight is 494 g/mol. The van der Waals surface area contributed by atoms with Crippen molar-refractivity contribution in [3.63, 3.8) is 0 Å². The minimum Gasteiger partial charge on any atom is -0.507 e. The first-order chi connectivity index (χ1) is 16.8. The van der Waals surface area contributed by atoms with Gasteiger partial charge < -0.3 is 14.7 Å². The summed E-state index contributed by atoms with van der Waals surface area (Å²) in [5, 5.41) is 11.8. The first-order valence-electron chi connectivity index (χ1n) is 11.3. The van der Waals surface area contributed by atoms with Gasteiger partial charge in [-0.1, -0.05) is 35.9 Å². The number of ketones is 1. The van der Waals surface area contributed by atoms with Gasteiger partial charge in [-0.2, -0.15) is 0 Å². The molecule has 1 unspecified atom stereocenters. The molecular weight excluding hydrogens is 469 g/mol. The van der Waals surface area contributed by atoms with E-state index in [9.17, 15) is 19.1 Å². The maximum atomic E-state index is 13.7. The van der Waals surface area contributed by atoms with Crippen LogP contribution in [0.15, 0.2) is 72.3 Å². The van der Waals surface area contributed by atoms with Crippen molar-refractivity contribution in [2.24, 2.45) is 0 Å². The number of ether oxygens (including phenoxy) is 1. The molecule has 1 atom stereocenters. The molecular formula is C28H25ClFNO4. The number of likely N-dealkylation sites (tertiary alicyclic amines) is 1. The third-order valence-corrected chi connectivity index (χ3v) is 6.28. The Morgan fingerprint density at radius 2 is 1.74 bits per heavy atom. The Hall–Kier alpha value is -3.64. The van der Waals surface area contributed by atoms with Gasteiger partial charge in [0.25, 0.3) is 11.7 Å². The number of hydrogen-bond donors (Lipinski definition) is 1. The smallest absolute Gasteiger partial charge is 0.295 e. The Kier molecular flexibility index (Phi) is 7.22. The van der Waals surface area contributed by atoms with E-state index in [4.69, 9.17) is 16.3 Å². The Morgan fingerprint density at radius 3 is 2.37 bits per heavy atom. The van der Waals surface area contributed by atoms with E-state index in [0.29, 0.717) is 34.9 Å². The third-order valence-electron chi connectivity index (χ3n) is 6.03. The second kappa shape index (κ2) is 10.3. The second-order valence-corrected chi connectivity index (χ2v) is 8.77.